The topological polar surface area (TPSA) is 96.9 Å². The number of hydrogen-bond acceptors (Lipinski definition) is 6. The number of fused-ring (bicyclic) bond motifs is 1. The van der Waals surface area contributed by atoms with Crippen molar-refractivity contribution >= 4 is 45.7 Å². The number of ether oxygens (including phenoxy) is 2. The second kappa shape index (κ2) is 13.6. The van der Waals surface area contributed by atoms with Gasteiger partial charge in [-0.25, -0.2) is 14.8 Å². The number of likely N-dealkylation sites (tertiary alicyclic amines) is 1. The molecule has 1 saturated heterocycles. The number of carbonyl (C=O) groups is 2. The quantitative estimate of drug-likeness (QED) is 0.159. The van der Waals surface area contributed by atoms with Gasteiger partial charge in [0.25, 0.3) is 0 Å². The van der Waals surface area contributed by atoms with Crippen LogP contribution in [0.3, 0.4) is 0 Å². The first-order chi connectivity index (χ1) is 24.2. The van der Waals surface area contributed by atoms with Gasteiger partial charge in [-0.05, 0) is 107 Å². The monoisotopic (exact) mass is 706 g/mol. The van der Waals surface area contributed by atoms with E-state index in [4.69, 9.17) is 26.1 Å². The lowest BCUT2D eigenvalue weighted by Crippen LogP contribution is -2.36. The lowest BCUT2D eigenvalue weighted by Gasteiger charge is -2.27. The van der Waals surface area contributed by atoms with E-state index in [1.165, 1.54) is 0 Å². The Labute approximate surface area is 305 Å². The highest BCUT2D eigenvalue weighted by molar-refractivity contribution is 6.35. The number of aliphatic imine (C=N–C) groups is 1. The fraction of sp³-hybridized carbons (Fsp3) is 0.429. The van der Waals surface area contributed by atoms with Crippen LogP contribution in [0.2, 0.25) is 0 Å². The van der Waals surface area contributed by atoms with E-state index in [9.17, 15) is 9.59 Å². The molecule has 4 aromatic rings. The first-order valence-electron chi connectivity index (χ1n) is 18.1. The van der Waals surface area contributed by atoms with E-state index in [2.05, 4.69) is 70.6 Å². The third kappa shape index (κ3) is 7.62. The number of imidazole rings is 1. The van der Waals surface area contributed by atoms with E-state index in [0.29, 0.717) is 18.1 Å². The summed E-state index contributed by atoms with van der Waals surface area (Å²) < 4.78 is 11.4. The van der Waals surface area contributed by atoms with E-state index in [1.807, 2.05) is 47.7 Å². The highest BCUT2D eigenvalue weighted by atomic mass is 35.5. The van der Waals surface area contributed by atoms with Gasteiger partial charge in [-0.2, -0.15) is 0 Å². The van der Waals surface area contributed by atoms with Crippen LogP contribution in [-0.4, -0.2) is 50.4 Å². The Morgan fingerprint density at radius 2 is 1.45 bits per heavy atom. The van der Waals surface area contributed by atoms with Crippen molar-refractivity contribution < 1.29 is 19.1 Å². The average Bonchev–Trinajstić information content (AvgIpc) is 3.89. The van der Waals surface area contributed by atoms with Crippen LogP contribution in [0.25, 0.3) is 38.7 Å². The van der Waals surface area contributed by atoms with Gasteiger partial charge >= 0.3 is 12.1 Å². The Hall–Kier alpha value is -4.43. The number of benzene rings is 3. The van der Waals surface area contributed by atoms with Crippen LogP contribution in [0.15, 0.2) is 77.0 Å². The molecule has 3 heterocycles. The summed E-state index contributed by atoms with van der Waals surface area (Å²) >= 11 is 6.72. The molecule has 3 atom stereocenters. The van der Waals surface area contributed by atoms with Crippen molar-refractivity contribution in [3.05, 3.63) is 83.4 Å². The maximum Gasteiger partial charge on any atom is 0.410 e. The second-order valence-electron chi connectivity index (χ2n) is 16.1. The predicted octanol–water partition coefficient (Wildman–Crippen LogP) is 10.5. The maximum atomic E-state index is 13.0. The summed E-state index contributed by atoms with van der Waals surface area (Å²) in [6, 6.07) is 21.3. The number of rotatable bonds is 6. The fourth-order valence-electron chi connectivity index (χ4n) is 7.64. The summed E-state index contributed by atoms with van der Waals surface area (Å²) in [6.07, 6.45) is 6.73. The molecule has 1 amide bonds. The van der Waals surface area contributed by atoms with Crippen LogP contribution in [-0.2, 0) is 14.3 Å². The molecule has 3 aromatic carbocycles. The molecule has 1 aromatic heterocycles. The summed E-state index contributed by atoms with van der Waals surface area (Å²) in [5.74, 6) is 0.564. The minimum atomic E-state index is -0.541. The van der Waals surface area contributed by atoms with Crippen LogP contribution >= 0.6 is 11.6 Å². The van der Waals surface area contributed by atoms with Gasteiger partial charge in [0.1, 0.15) is 22.2 Å². The van der Waals surface area contributed by atoms with Gasteiger partial charge in [0.05, 0.1) is 23.9 Å². The standard InChI is InChI=1S/C42H47ClN4O4/c1-41(2,3)50-39(48)32-10-7-9-31(32)34-23-33(37(43)45-34)26-14-12-25(13-15-26)27-16-17-29-22-30(19-18-28(29)21-27)35-24-44-38(46-35)36-11-8-20-47(36)40(49)51-42(4,5)6/h12-19,21-22,24,31-32,36H,7-11,20,23H2,1-6H3,(H,44,46)/t31?,32?,36-/m0/s1. The van der Waals surface area contributed by atoms with E-state index >= 15 is 0 Å². The molecule has 1 N–H and O–H groups in total. The molecular weight excluding hydrogens is 660 g/mol. The number of nitrogens with zero attached hydrogens (tertiary/aromatic N) is 3. The van der Waals surface area contributed by atoms with Crippen molar-refractivity contribution in [2.75, 3.05) is 6.54 Å². The van der Waals surface area contributed by atoms with Crippen molar-refractivity contribution in [3.8, 4) is 22.4 Å². The first-order valence-corrected chi connectivity index (χ1v) is 18.5. The zero-order valence-electron chi connectivity index (χ0n) is 30.4. The zero-order valence-corrected chi connectivity index (χ0v) is 31.1. The van der Waals surface area contributed by atoms with Crippen LogP contribution in [0.1, 0.15) is 97.5 Å². The van der Waals surface area contributed by atoms with Crippen LogP contribution < -0.4 is 0 Å². The molecule has 1 aliphatic carbocycles. The molecular formula is C42H47ClN4O4. The van der Waals surface area contributed by atoms with Crippen molar-refractivity contribution in [2.45, 2.75) is 97.3 Å². The molecule has 2 aliphatic heterocycles. The number of aromatic nitrogens is 2. The molecule has 9 heteroatoms. The number of hydrogen-bond donors (Lipinski definition) is 1. The lowest BCUT2D eigenvalue weighted by atomic mass is 9.87. The SMILES string of the molecule is CC(C)(C)OC(=O)C1CCCC1C1=NC(Cl)=C(c2ccc(-c3ccc4cc(-c5cnc([C@@H]6CCCN6C(=O)OC(C)(C)C)[nH]5)ccc4c3)cc2)C1. The van der Waals surface area contributed by atoms with Gasteiger partial charge in [0.2, 0.25) is 0 Å². The molecule has 2 fully saturated rings. The number of carbonyl (C=O) groups excluding carboxylic acids is 2. The van der Waals surface area contributed by atoms with E-state index < -0.39 is 11.2 Å². The third-order valence-electron chi connectivity index (χ3n) is 10.0. The summed E-state index contributed by atoms with van der Waals surface area (Å²) in [5, 5.41) is 2.79. The molecule has 1 saturated carbocycles. The number of nitrogens with one attached hydrogen (secondary N) is 1. The van der Waals surface area contributed by atoms with Crippen LogP contribution in [0, 0.1) is 11.8 Å². The summed E-state index contributed by atoms with van der Waals surface area (Å²) in [5.41, 5.74) is 6.20. The number of H-pyrrole nitrogens is 1. The molecule has 7 rings (SSSR count). The number of aromatic amines is 1. The van der Waals surface area contributed by atoms with Crippen molar-refractivity contribution in [1.29, 1.82) is 0 Å². The molecule has 2 unspecified atom stereocenters. The summed E-state index contributed by atoms with van der Waals surface area (Å²) in [6.45, 7) is 12.1. The van der Waals surface area contributed by atoms with Crippen molar-refractivity contribution in [3.63, 3.8) is 0 Å². The molecule has 266 valence electrons. The Morgan fingerprint density at radius 3 is 2.16 bits per heavy atom. The normalized spacial score (nSPS) is 21.0. The van der Waals surface area contributed by atoms with Gasteiger partial charge in [-0.3, -0.25) is 9.69 Å². The Morgan fingerprint density at radius 1 is 0.804 bits per heavy atom. The molecule has 0 spiro atoms. The number of allylic oxidation sites excluding steroid dienone is 1. The number of halogens is 1. The summed E-state index contributed by atoms with van der Waals surface area (Å²) in [4.78, 5) is 40.5. The molecule has 51 heavy (non-hydrogen) atoms. The first kappa shape index (κ1) is 35.0. The van der Waals surface area contributed by atoms with E-state index in [1.54, 1.807) is 4.90 Å². The Bertz CT molecular complexity index is 2030. The minimum Gasteiger partial charge on any atom is -0.460 e. The minimum absolute atomic E-state index is 0.0700. The highest BCUT2D eigenvalue weighted by Gasteiger charge is 2.40. The van der Waals surface area contributed by atoms with Crippen LogP contribution in [0.5, 0.6) is 0 Å². The summed E-state index contributed by atoms with van der Waals surface area (Å²) in [7, 11) is 0. The van der Waals surface area contributed by atoms with E-state index in [0.717, 1.165) is 87.9 Å². The predicted molar refractivity (Wildman–Crippen MR) is 203 cm³/mol. The smallest absolute Gasteiger partial charge is 0.410 e. The molecule has 0 bridgehead atoms. The Kier molecular flexibility index (Phi) is 9.34. The second-order valence-corrected chi connectivity index (χ2v) is 16.5. The van der Waals surface area contributed by atoms with Crippen molar-refractivity contribution in [1.82, 2.24) is 14.9 Å². The Balaban J connectivity index is 1.02. The third-order valence-corrected chi connectivity index (χ3v) is 10.3. The zero-order chi connectivity index (χ0) is 36.1. The fourth-order valence-corrected chi connectivity index (χ4v) is 7.92. The number of esters is 1. The van der Waals surface area contributed by atoms with Gasteiger partial charge in [0.15, 0.2) is 0 Å². The van der Waals surface area contributed by atoms with Gasteiger partial charge in [-0.15, -0.1) is 0 Å². The largest absolute Gasteiger partial charge is 0.460 e. The highest BCUT2D eigenvalue weighted by Crippen LogP contribution is 2.42. The van der Waals surface area contributed by atoms with Gasteiger partial charge < -0.3 is 14.5 Å². The van der Waals surface area contributed by atoms with Crippen molar-refractivity contribution in [2.24, 2.45) is 16.8 Å². The average molecular weight is 707 g/mol. The van der Waals surface area contributed by atoms with Crippen LogP contribution in [0.4, 0.5) is 4.79 Å². The lowest BCUT2D eigenvalue weighted by molar-refractivity contribution is -0.160. The van der Waals surface area contributed by atoms with Gasteiger partial charge in [0, 0.05) is 35.7 Å². The van der Waals surface area contributed by atoms with E-state index in [-0.39, 0.29) is 29.9 Å². The molecule has 0 radical (unpaired) electrons. The number of amides is 1. The maximum absolute atomic E-state index is 13.0. The molecule has 3 aliphatic rings. The van der Waals surface area contributed by atoms with Gasteiger partial charge in [-0.1, -0.05) is 66.6 Å². The molecule has 8 nitrogen and oxygen atoms in total.